The number of imidazole rings is 1. The van der Waals surface area contributed by atoms with Crippen molar-refractivity contribution in [3.63, 3.8) is 0 Å². The van der Waals surface area contributed by atoms with E-state index < -0.39 is 0 Å². The van der Waals surface area contributed by atoms with Crippen molar-refractivity contribution in [3.05, 3.63) is 41.7 Å². The fraction of sp³-hybridized carbons (Fsp3) is 0.429. The van der Waals surface area contributed by atoms with Crippen LogP contribution in [0.2, 0.25) is 0 Å². The quantitative estimate of drug-likeness (QED) is 0.896. The minimum atomic E-state index is 0.307. The number of Topliss-reactive ketones (excluding diaryl/α,β-unsaturated/α-hetero) is 1. The van der Waals surface area contributed by atoms with Crippen LogP contribution < -0.4 is 0 Å². The van der Waals surface area contributed by atoms with Gasteiger partial charge in [-0.1, -0.05) is 0 Å². The number of aromatic nitrogens is 3. The molecule has 0 amide bonds. The van der Waals surface area contributed by atoms with Crippen molar-refractivity contribution in [2.45, 2.75) is 38.6 Å². The number of aryl methyl sites for hydroxylation is 2. The van der Waals surface area contributed by atoms with Gasteiger partial charge in [-0.2, -0.15) is 0 Å². The van der Waals surface area contributed by atoms with Crippen LogP contribution in [0.4, 0.5) is 0 Å². The number of aromatic amines is 1. The molecule has 0 saturated carbocycles. The van der Waals surface area contributed by atoms with Gasteiger partial charge >= 0.3 is 0 Å². The first-order valence-electron chi connectivity index (χ1n) is 6.54. The Morgan fingerprint density at radius 3 is 3.17 bits per heavy atom. The number of ketones is 1. The van der Waals surface area contributed by atoms with Gasteiger partial charge in [-0.25, -0.2) is 4.98 Å². The molecule has 0 radical (unpaired) electrons. The van der Waals surface area contributed by atoms with E-state index >= 15 is 0 Å². The number of carbonyl (C=O) groups is 1. The molecule has 2 aromatic rings. The Kier molecular flexibility index (Phi) is 3.00. The van der Waals surface area contributed by atoms with Crippen molar-refractivity contribution in [3.8, 4) is 0 Å². The van der Waals surface area contributed by atoms with Gasteiger partial charge in [-0.15, -0.1) is 0 Å². The molecule has 1 N–H and O–H groups in total. The van der Waals surface area contributed by atoms with Gasteiger partial charge in [0, 0.05) is 49.2 Å². The minimum absolute atomic E-state index is 0.307. The molecule has 0 aromatic carbocycles. The summed E-state index contributed by atoms with van der Waals surface area (Å²) in [4.78, 5) is 19.1. The largest absolute Gasteiger partial charge is 0.351 e. The van der Waals surface area contributed by atoms with Crippen LogP contribution in [-0.4, -0.2) is 20.3 Å². The first-order chi connectivity index (χ1) is 8.84. The van der Waals surface area contributed by atoms with Crippen LogP contribution in [0.3, 0.4) is 0 Å². The molecule has 4 nitrogen and oxygen atoms in total. The zero-order chi connectivity index (χ0) is 12.4. The first kappa shape index (κ1) is 11.3. The van der Waals surface area contributed by atoms with Gasteiger partial charge in [-0.05, 0) is 25.3 Å². The topological polar surface area (TPSA) is 50.7 Å². The van der Waals surface area contributed by atoms with E-state index in [2.05, 4.69) is 20.7 Å². The summed E-state index contributed by atoms with van der Waals surface area (Å²) in [6.45, 7) is 0.962. The van der Waals surface area contributed by atoms with E-state index in [9.17, 15) is 4.79 Å². The van der Waals surface area contributed by atoms with E-state index in [0.29, 0.717) is 12.2 Å². The van der Waals surface area contributed by atoms with Crippen molar-refractivity contribution >= 4 is 5.78 Å². The highest BCUT2D eigenvalue weighted by molar-refractivity contribution is 5.98. The van der Waals surface area contributed by atoms with Gasteiger partial charge in [0.1, 0.15) is 5.82 Å². The Morgan fingerprint density at radius 1 is 1.39 bits per heavy atom. The van der Waals surface area contributed by atoms with Crippen molar-refractivity contribution in [1.29, 1.82) is 0 Å². The average molecular weight is 243 g/mol. The summed E-state index contributed by atoms with van der Waals surface area (Å²) in [5, 5.41) is 0. The SMILES string of the molecule is O=C1CCCc2c1ccn2CCCc1ncc[nH]1. The maximum Gasteiger partial charge on any atom is 0.164 e. The average Bonchev–Trinajstić information content (AvgIpc) is 3.00. The molecular formula is C14H17N3O. The van der Waals surface area contributed by atoms with E-state index in [1.807, 2.05) is 12.3 Å². The van der Waals surface area contributed by atoms with Gasteiger partial charge in [-0.3, -0.25) is 4.79 Å². The van der Waals surface area contributed by atoms with E-state index in [0.717, 1.165) is 43.6 Å². The second-order valence-electron chi connectivity index (χ2n) is 4.79. The molecule has 0 unspecified atom stereocenters. The number of fused-ring (bicyclic) bond motifs is 1. The Labute approximate surface area is 106 Å². The van der Waals surface area contributed by atoms with Crippen LogP contribution in [0.1, 0.15) is 41.1 Å². The highest BCUT2D eigenvalue weighted by Crippen LogP contribution is 2.22. The molecule has 2 aromatic heterocycles. The third kappa shape index (κ3) is 2.10. The fourth-order valence-corrected chi connectivity index (χ4v) is 2.65. The van der Waals surface area contributed by atoms with E-state index in [4.69, 9.17) is 0 Å². The summed E-state index contributed by atoms with van der Waals surface area (Å²) >= 11 is 0. The third-order valence-electron chi connectivity index (χ3n) is 3.56. The first-order valence-corrected chi connectivity index (χ1v) is 6.54. The van der Waals surface area contributed by atoms with Crippen LogP contribution in [0.15, 0.2) is 24.7 Å². The molecule has 0 saturated heterocycles. The van der Waals surface area contributed by atoms with Gasteiger partial charge in [0.15, 0.2) is 5.78 Å². The molecule has 0 atom stereocenters. The zero-order valence-corrected chi connectivity index (χ0v) is 10.4. The van der Waals surface area contributed by atoms with Crippen molar-refractivity contribution in [1.82, 2.24) is 14.5 Å². The molecule has 0 spiro atoms. The highest BCUT2D eigenvalue weighted by atomic mass is 16.1. The Morgan fingerprint density at radius 2 is 2.33 bits per heavy atom. The second kappa shape index (κ2) is 4.80. The molecule has 3 rings (SSSR count). The number of H-pyrrole nitrogens is 1. The summed E-state index contributed by atoms with van der Waals surface area (Å²) < 4.78 is 2.23. The van der Waals surface area contributed by atoms with Crippen LogP contribution in [0.5, 0.6) is 0 Å². The summed E-state index contributed by atoms with van der Waals surface area (Å²) in [6, 6.07) is 1.98. The third-order valence-corrected chi connectivity index (χ3v) is 3.56. The Hall–Kier alpha value is -1.84. The highest BCUT2D eigenvalue weighted by Gasteiger charge is 2.20. The zero-order valence-electron chi connectivity index (χ0n) is 10.4. The smallest absolute Gasteiger partial charge is 0.164 e. The lowest BCUT2D eigenvalue weighted by molar-refractivity contribution is 0.0971. The summed E-state index contributed by atoms with van der Waals surface area (Å²) in [5.41, 5.74) is 2.17. The van der Waals surface area contributed by atoms with Crippen LogP contribution in [-0.2, 0) is 19.4 Å². The number of hydrogen-bond acceptors (Lipinski definition) is 2. The number of nitrogens with zero attached hydrogens (tertiary/aromatic N) is 2. The Balaban J connectivity index is 1.65. The second-order valence-corrected chi connectivity index (χ2v) is 4.79. The summed E-state index contributed by atoms with van der Waals surface area (Å²) in [5.74, 6) is 1.34. The normalized spacial score (nSPS) is 14.8. The molecule has 2 heterocycles. The summed E-state index contributed by atoms with van der Waals surface area (Å²) in [7, 11) is 0. The van der Waals surface area contributed by atoms with Crippen LogP contribution in [0, 0.1) is 0 Å². The van der Waals surface area contributed by atoms with Gasteiger partial charge in [0.25, 0.3) is 0 Å². The maximum atomic E-state index is 11.7. The molecule has 0 aliphatic heterocycles. The molecule has 0 bridgehead atoms. The minimum Gasteiger partial charge on any atom is -0.351 e. The molecule has 1 aliphatic rings. The number of hydrogen-bond donors (Lipinski definition) is 1. The molecule has 0 fully saturated rings. The lowest BCUT2D eigenvalue weighted by Gasteiger charge is -2.14. The standard InChI is InChI=1S/C14H17N3O/c18-13-4-1-3-12-11(13)6-10-17(12)9-2-5-14-15-7-8-16-14/h6-8,10H,1-5,9H2,(H,15,16). The van der Waals surface area contributed by atoms with E-state index in [1.165, 1.54) is 5.69 Å². The van der Waals surface area contributed by atoms with E-state index in [1.54, 1.807) is 6.20 Å². The lowest BCUT2D eigenvalue weighted by atomic mass is 9.97. The molecule has 94 valence electrons. The number of rotatable bonds is 4. The van der Waals surface area contributed by atoms with Crippen LogP contribution in [0.25, 0.3) is 0 Å². The number of nitrogens with one attached hydrogen (secondary N) is 1. The molecule has 1 aliphatic carbocycles. The lowest BCUT2D eigenvalue weighted by Crippen LogP contribution is -2.13. The molecular weight excluding hydrogens is 226 g/mol. The van der Waals surface area contributed by atoms with Gasteiger partial charge in [0.2, 0.25) is 0 Å². The van der Waals surface area contributed by atoms with Gasteiger partial charge < -0.3 is 9.55 Å². The van der Waals surface area contributed by atoms with Crippen molar-refractivity contribution < 1.29 is 4.79 Å². The van der Waals surface area contributed by atoms with Crippen LogP contribution >= 0.6 is 0 Å². The molecule has 18 heavy (non-hydrogen) atoms. The van der Waals surface area contributed by atoms with E-state index in [-0.39, 0.29) is 0 Å². The number of carbonyl (C=O) groups excluding carboxylic acids is 1. The predicted octanol–water partition coefficient (Wildman–Crippen LogP) is 2.36. The summed E-state index contributed by atoms with van der Waals surface area (Å²) in [6.07, 6.45) is 10.4. The molecule has 4 heteroatoms. The maximum absolute atomic E-state index is 11.7. The monoisotopic (exact) mass is 243 g/mol. The predicted molar refractivity (Wildman–Crippen MR) is 68.6 cm³/mol. The van der Waals surface area contributed by atoms with Crippen molar-refractivity contribution in [2.75, 3.05) is 0 Å². The Bertz CT molecular complexity index is 539. The van der Waals surface area contributed by atoms with Crippen molar-refractivity contribution in [2.24, 2.45) is 0 Å². The fourth-order valence-electron chi connectivity index (χ4n) is 2.65. The van der Waals surface area contributed by atoms with Gasteiger partial charge in [0.05, 0.1) is 0 Å².